The Balaban J connectivity index is 1.50. The number of para-hydroxylation sites is 1. The average molecular weight is 401 g/mol. The summed E-state index contributed by atoms with van der Waals surface area (Å²) in [6.45, 7) is 4.33. The average Bonchev–Trinajstić information content (AvgIpc) is 2.69. The van der Waals surface area contributed by atoms with E-state index in [9.17, 15) is 13.2 Å². The van der Waals surface area contributed by atoms with E-state index in [4.69, 9.17) is 0 Å². The van der Waals surface area contributed by atoms with Gasteiger partial charge in [-0.3, -0.25) is 4.79 Å². The van der Waals surface area contributed by atoms with E-state index in [0.29, 0.717) is 32.7 Å². The second-order valence-electron chi connectivity index (χ2n) is 6.95. The fourth-order valence-electron chi connectivity index (χ4n) is 3.18. The molecule has 2 N–H and O–H groups in total. The number of carbonyl (C=O) groups excluding carboxylic acids is 1. The summed E-state index contributed by atoms with van der Waals surface area (Å²) in [5.41, 5.74) is 2.69. The lowest BCUT2D eigenvalue weighted by Gasteiger charge is -2.30. The standard InChI is InChI=1S/C21H25N3O3S/c1-18-7-5-6-10-20(18)22-21(25)17-23-12-14-24(15-13-23)28(26,27)16-11-19-8-3-2-4-9-19/h2-11,16H,12-15,17H2,1H3,(H,22,25)/p+1/b16-11+. The van der Waals surface area contributed by atoms with Crippen LogP contribution < -0.4 is 10.2 Å². The number of quaternary nitrogens is 1. The summed E-state index contributed by atoms with van der Waals surface area (Å²) < 4.78 is 26.5. The van der Waals surface area contributed by atoms with Gasteiger partial charge in [0.15, 0.2) is 6.54 Å². The zero-order valence-corrected chi connectivity index (χ0v) is 16.8. The Bertz CT molecular complexity index is 934. The normalized spacial score (nSPS) is 16.3. The lowest BCUT2D eigenvalue weighted by molar-refractivity contribution is -0.895. The highest BCUT2D eigenvalue weighted by Gasteiger charge is 2.28. The molecular formula is C21H26N3O3S+. The molecule has 2 aromatic carbocycles. The molecule has 28 heavy (non-hydrogen) atoms. The summed E-state index contributed by atoms with van der Waals surface area (Å²) in [5, 5.41) is 4.20. The van der Waals surface area contributed by atoms with Gasteiger partial charge in [-0.2, -0.15) is 4.31 Å². The fourth-order valence-corrected chi connectivity index (χ4v) is 4.38. The summed E-state index contributed by atoms with van der Waals surface area (Å²) in [6, 6.07) is 17.0. The summed E-state index contributed by atoms with van der Waals surface area (Å²) in [7, 11) is -3.45. The first-order chi connectivity index (χ1) is 13.4. The van der Waals surface area contributed by atoms with Crippen LogP contribution in [0.2, 0.25) is 0 Å². The number of hydrogen-bond acceptors (Lipinski definition) is 3. The van der Waals surface area contributed by atoms with E-state index >= 15 is 0 Å². The van der Waals surface area contributed by atoms with Gasteiger partial charge in [0.05, 0.1) is 26.2 Å². The molecule has 6 nitrogen and oxygen atoms in total. The molecule has 0 radical (unpaired) electrons. The lowest BCUT2D eigenvalue weighted by atomic mass is 10.2. The molecule has 7 heteroatoms. The van der Waals surface area contributed by atoms with Crippen molar-refractivity contribution in [3.8, 4) is 0 Å². The van der Waals surface area contributed by atoms with Crippen LogP contribution in [0.25, 0.3) is 6.08 Å². The molecule has 1 aliphatic rings. The maximum absolute atomic E-state index is 12.5. The zero-order valence-electron chi connectivity index (χ0n) is 16.0. The van der Waals surface area contributed by atoms with E-state index < -0.39 is 10.0 Å². The van der Waals surface area contributed by atoms with Crippen LogP contribution in [0, 0.1) is 6.92 Å². The molecule has 2 aromatic rings. The minimum Gasteiger partial charge on any atom is -0.325 e. The van der Waals surface area contributed by atoms with Crippen molar-refractivity contribution in [2.24, 2.45) is 0 Å². The van der Waals surface area contributed by atoms with Crippen LogP contribution >= 0.6 is 0 Å². The van der Waals surface area contributed by atoms with Gasteiger partial charge in [-0.05, 0) is 30.2 Å². The summed E-state index contributed by atoms with van der Waals surface area (Å²) in [5.74, 6) is -0.0513. The van der Waals surface area contributed by atoms with Gasteiger partial charge in [-0.15, -0.1) is 0 Å². The molecule has 0 unspecified atom stereocenters. The Morgan fingerprint density at radius 3 is 2.39 bits per heavy atom. The first-order valence-corrected chi connectivity index (χ1v) is 10.9. The maximum Gasteiger partial charge on any atom is 0.279 e. The largest absolute Gasteiger partial charge is 0.325 e. The highest BCUT2D eigenvalue weighted by atomic mass is 32.2. The molecule has 1 saturated heterocycles. The Morgan fingerprint density at radius 2 is 1.71 bits per heavy atom. The van der Waals surface area contributed by atoms with Crippen molar-refractivity contribution in [2.45, 2.75) is 6.92 Å². The molecular weight excluding hydrogens is 374 g/mol. The Kier molecular flexibility index (Phi) is 6.61. The van der Waals surface area contributed by atoms with E-state index in [0.717, 1.165) is 21.7 Å². The molecule has 0 atom stereocenters. The minimum absolute atomic E-state index is 0.0513. The van der Waals surface area contributed by atoms with Crippen LogP contribution in [0.4, 0.5) is 5.69 Å². The van der Waals surface area contributed by atoms with Crippen molar-refractivity contribution in [3.05, 3.63) is 71.1 Å². The van der Waals surface area contributed by atoms with E-state index in [2.05, 4.69) is 5.32 Å². The SMILES string of the molecule is Cc1ccccc1NC(=O)C[NH+]1CCN(S(=O)(=O)/C=C/c2ccccc2)CC1. The van der Waals surface area contributed by atoms with Crippen molar-refractivity contribution < 1.29 is 18.1 Å². The molecule has 3 rings (SSSR count). The van der Waals surface area contributed by atoms with Crippen LogP contribution in [-0.2, 0) is 14.8 Å². The number of aryl methyl sites for hydroxylation is 1. The molecule has 1 fully saturated rings. The quantitative estimate of drug-likeness (QED) is 0.764. The summed E-state index contributed by atoms with van der Waals surface area (Å²) >= 11 is 0. The van der Waals surface area contributed by atoms with Gasteiger partial charge in [0.2, 0.25) is 10.0 Å². The Labute approximate surface area is 166 Å². The number of sulfonamides is 1. The number of piperazine rings is 1. The van der Waals surface area contributed by atoms with Crippen LogP contribution in [0.3, 0.4) is 0 Å². The third-order valence-electron chi connectivity index (χ3n) is 4.85. The smallest absolute Gasteiger partial charge is 0.279 e. The van der Waals surface area contributed by atoms with Crippen molar-refractivity contribution in [3.63, 3.8) is 0 Å². The number of rotatable bonds is 6. The van der Waals surface area contributed by atoms with Crippen LogP contribution in [0.5, 0.6) is 0 Å². The minimum atomic E-state index is -3.45. The molecule has 1 aliphatic heterocycles. The number of nitrogens with zero attached hydrogens (tertiary/aromatic N) is 1. The fraction of sp³-hybridized carbons (Fsp3) is 0.286. The second-order valence-corrected chi connectivity index (χ2v) is 8.77. The van der Waals surface area contributed by atoms with E-state index in [1.54, 1.807) is 6.08 Å². The van der Waals surface area contributed by atoms with Gasteiger partial charge >= 0.3 is 0 Å². The number of carbonyl (C=O) groups is 1. The number of anilines is 1. The van der Waals surface area contributed by atoms with E-state index in [-0.39, 0.29) is 5.91 Å². The van der Waals surface area contributed by atoms with Crippen molar-refractivity contribution in [1.82, 2.24) is 4.31 Å². The lowest BCUT2D eigenvalue weighted by Crippen LogP contribution is -3.15. The molecule has 0 saturated carbocycles. The first-order valence-electron chi connectivity index (χ1n) is 9.36. The van der Waals surface area contributed by atoms with Gasteiger partial charge in [0, 0.05) is 11.1 Å². The molecule has 148 valence electrons. The van der Waals surface area contributed by atoms with Gasteiger partial charge in [-0.1, -0.05) is 48.5 Å². The number of amides is 1. The predicted molar refractivity (Wildman–Crippen MR) is 111 cm³/mol. The van der Waals surface area contributed by atoms with Gasteiger partial charge in [0.25, 0.3) is 5.91 Å². The molecule has 0 spiro atoms. The van der Waals surface area contributed by atoms with Crippen LogP contribution in [0.15, 0.2) is 60.0 Å². The summed E-state index contributed by atoms with van der Waals surface area (Å²) in [4.78, 5) is 13.4. The van der Waals surface area contributed by atoms with Gasteiger partial charge in [0.1, 0.15) is 0 Å². The third-order valence-corrected chi connectivity index (χ3v) is 6.42. The Morgan fingerprint density at radius 1 is 1.07 bits per heavy atom. The van der Waals surface area contributed by atoms with Gasteiger partial charge in [-0.25, -0.2) is 8.42 Å². The third kappa shape index (κ3) is 5.51. The van der Waals surface area contributed by atoms with Crippen molar-refractivity contribution in [2.75, 3.05) is 38.0 Å². The number of benzene rings is 2. The molecule has 0 aliphatic carbocycles. The van der Waals surface area contributed by atoms with Crippen molar-refractivity contribution >= 4 is 27.7 Å². The molecule has 1 amide bonds. The highest BCUT2D eigenvalue weighted by molar-refractivity contribution is 7.92. The Hall–Kier alpha value is -2.48. The predicted octanol–water partition coefficient (Wildman–Crippen LogP) is 1.13. The number of hydrogen-bond donors (Lipinski definition) is 2. The number of nitrogens with one attached hydrogen (secondary N) is 2. The molecule has 1 heterocycles. The second kappa shape index (κ2) is 9.14. The van der Waals surface area contributed by atoms with Crippen LogP contribution in [-0.4, -0.2) is 51.4 Å². The van der Waals surface area contributed by atoms with Crippen LogP contribution in [0.1, 0.15) is 11.1 Å². The molecule has 0 bridgehead atoms. The van der Waals surface area contributed by atoms with E-state index in [1.165, 1.54) is 9.71 Å². The summed E-state index contributed by atoms with van der Waals surface area (Å²) in [6.07, 6.45) is 1.62. The maximum atomic E-state index is 12.5. The van der Waals surface area contributed by atoms with Crippen molar-refractivity contribution in [1.29, 1.82) is 0 Å². The van der Waals surface area contributed by atoms with E-state index in [1.807, 2.05) is 61.5 Å². The zero-order chi connectivity index (χ0) is 20.0. The highest BCUT2D eigenvalue weighted by Crippen LogP contribution is 2.12. The van der Waals surface area contributed by atoms with Gasteiger partial charge < -0.3 is 10.2 Å². The topological polar surface area (TPSA) is 70.9 Å². The molecule has 0 aromatic heterocycles. The first kappa shape index (κ1) is 20.3. The monoisotopic (exact) mass is 400 g/mol.